The smallest absolute Gasteiger partial charge is 0.344 e. The Morgan fingerprint density at radius 1 is 1.05 bits per heavy atom. The molecule has 4 nitrogen and oxygen atoms in total. The van der Waals surface area contributed by atoms with Crippen LogP contribution in [0.3, 0.4) is 0 Å². The van der Waals surface area contributed by atoms with Gasteiger partial charge in [-0.15, -0.1) is 0 Å². The molecule has 0 aliphatic rings. The highest BCUT2D eigenvalue weighted by Crippen LogP contribution is 2.26. The lowest BCUT2D eigenvalue weighted by molar-refractivity contribution is -0.114. The average Bonchev–Trinajstić information content (AvgIpc) is 2.46. The zero-order valence-electron chi connectivity index (χ0n) is 12.3. The van der Waals surface area contributed by atoms with E-state index in [1.807, 2.05) is 43.3 Å². The van der Waals surface area contributed by atoms with Gasteiger partial charge in [0.25, 0.3) is 0 Å². The molecule has 3 aromatic rings. The molecule has 0 bridgehead atoms. The Kier molecular flexibility index (Phi) is 3.51. The highest BCUT2D eigenvalue weighted by atomic mass is 16.4. The van der Waals surface area contributed by atoms with E-state index in [4.69, 9.17) is 4.42 Å². The number of rotatable bonds is 2. The second-order valence-corrected chi connectivity index (χ2v) is 5.20. The third-order valence-corrected chi connectivity index (χ3v) is 3.48. The largest absolute Gasteiger partial charge is 0.422 e. The zero-order chi connectivity index (χ0) is 15.7. The van der Waals surface area contributed by atoms with Crippen LogP contribution in [0.5, 0.6) is 0 Å². The molecular formula is C18H15NO3. The maximum atomic E-state index is 12.2. The first-order valence-electron chi connectivity index (χ1n) is 6.96. The van der Waals surface area contributed by atoms with Gasteiger partial charge >= 0.3 is 5.63 Å². The summed E-state index contributed by atoms with van der Waals surface area (Å²) in [5, 5.41) is 3.61. The number of nitrogens with one attached hydrogen (secondary N) is 1. The van der Waals surface area contributed by atoms with Gasteiger partial charge in [0.2, 0.25) is 5.91 Å². The summed E-state index contributed by atoms with van der Waals surface area (Å²) in [6.07, 6.45) is 0. The number of carbonyl (C=O) groups is 1. The fourth-order valence-electron chi connectivity index (χ4n) is 2.50. The molecule has 1 amide bonds. The first kappa shape index (κ1) is 14.1. The number of amides is 1. The molecule has 1 heterocycles. The highest BCUT2D eigenvalue weighted by Gasteiger charge is 2.10. The summed E-state index contributed by atoms with van der Waals surface area (Å²) in [6, 6.07) is 14.7. The molecule has 1 aromatic heterocycles. The van der Waals surface area contributed by atoms with Crippen molar-refractivity contribution in [3.05, 3.63) is 64.5 Å². The van der Waals surface area contributed by atoms with Crippen LogP contribution in [0.15, 0.2) is 57.7 Å². The summed E-state index contributed by atoms with van der Waals surface area (Å²) in [6.45, 7) is 3.36. The van der Waals surface area contributed by atoms with Gasteiger partial charge in [-0.2, -0.15) is 0 Å². The zero-order valence-corrected chi connectivity index (χ0v) is 12.3. The third-order valence-electron chi connectivity index (χ3n) is 3.48. The maximum Gasteiger partial charge on any atom is 0.344 e. The van der Waals surface area contributed by atoms with Gasteiger partial charge in [0.15, 0.2) is 0 Å². The molecule has 0 radical (unpaired) electrons. The molecule has 2 aromatic carbocycles. The number of fused-ring (bicyclic) bond motifs is 1. The molecule has 3 rings (SSSR count). The van der Waals surface area contributed by atoms with Crippen LogP contribution in [0.2, 0.25) is 0 Å². The molecule has 0 aliphatic heterocycles. The van der Waals surface area contributed by atoms with E-state index in [2.05, 4.69) is 5.32 Å². The van der Waals surface area contributed by atoms with E-state index in [9.17, 15) is 9.59 Å². The number of para-hydroxylation sites is 1. The normalized spacial score (nSPS) is 10.6. The van der Waals surface area contributed by atoms with Gasteiger partial charge in [0, 0.05) is 18.0 Å². The second-order valence-electron chi connectivity index (χ2n) is 5.20. The van der Waals surface area contributed by atoms with E-state index in [1.54, 1.807) is 12.1 Å². The second kappa shape index (κ2) is 5.48. The number of aryl methyl sites for hydroxylation is 1. The SMILES string of the molecule is CC(=O)Nc1ccc(-c2cc3ccccc3oc2=O)c(C)c1. The molecule has 0 fully saturated rings. The van der Waals surface area contributed by atoms with Gasteiger partial charge in [-0.25, -0.2) is 4.79 Å². The first-order valence-corrected chi connectivity index (χ1v) is 6.96. The van der Waals surface area contributed by atoms with E-state index in [1.165, 1.54) is 6.92 Å². The van der Waals surface area contributed by atoms with Gasteiger partial charge in [-0.3, -0.25) is 4.79 Å². The molecule has 4 heteroatoms. The lowest BCUT2D eigenvalue weighted by Gasteiger charge is -2.09. The van der Waals surface area contributed by atoms with Crippen LogP contribution in [0.4, 0.5) is 5.69 Å². The Bertz CT molecular complexity index is 925. The van der Waals surface area contributed by atoms with Crippen LogP contribution in [0.1, 0.15) is 12.5 Å². The Balaban J connectivity index is 2.13. The van der Waals surface area contributed by atoms with Crippen molar-refractivity contribution in [3.8, 4) is 11.1 Å². The quantitative estimate of drug-likeness (QED) is 0.732. The van der Waals surface area contributed by atoms with Crippen molar-refractivity contribution in [1.82, 2.24) is 0 Å². The summed E-state index contributed by atoms with van der Waals surface area (Å²) < 4.78 is 5.37. The monoisotopic (exact) mass is 293 g/mol. The minimum atomic E-state index is -0.367. The van der Waals surface area contributed by atoms with Crippen molar-refractivity contribution in [2.45, 2.75) is 13.8 Å². The molecule has 0 spiro atoms. The maximum absolute atomic E-state index is 12.2. The van der Waals surface area contributed by atoms with E-state index in [-0.39, 0.29) is 11.5 Å². The standard InChI is InChI=1S/C18H15NO3/c1-11-9-14(19-12(2)20)7-8-15(11)16-10-13-5-3-4-6-17(13)22-18(16)21/h3-10H,1-2H3,(H,19,20). The Labute approximate surface area is 127 Å². The molecule has 0 aliphatic carbocycles. The van der Waals surface area contributed by atoms with E-state index < -0.39 is 0 Å². The summed E-state index contributed by atoms with van der Waals surface area (Å²) >= 11 is 0. The minimum absolute atomic E-state index is 0.127. The van der Waals surface area contributed by atoms with Crippen molar-refractivity contribution >= 4 is 22.6 Å². The topological polar surface area (TPSA) is 59.3 Å². The lowest BCUT2D eigenvalue weighted by atomic mass is 10.0. The third kappa shape index (κ3) is 2.63. The van der Waals surface area contributed by atoms with Gasteiger partial charge in [-0.1, -0.05) is 24.3 Å². The van der Waals surface area contributed by atoms with Crippen molar-refractivity contribution < 1.29 is 9.21 Å². The van der Waals surface area contributed by atoms with Gasteiger partial charge in [0.1, 0.15) is 5.58 Å². The number of benzene rings is 2. The highest BCUT2D eigenvalue weighted by molar-refractivity contribution is 5.89. The lowest BCUT2D eigenvalue weighted by Crippen LogP contribution is -2.07. The van der Waals surface area contributed by atoms with Crippen molar-refractivity contribution in [2.24, 2.45) is 0 Å². The summed E-state index contributed by atoms with van der Waals surface area (Å²) in [4.78, 5) is 23.3. The van der Waals surface area contributed by atoms with Gasteiger partial charge < -0.3 is 9.73 Å². The van der Waals surface area contributed by atoms with Crippen LogP contribution in [0, 0.1) is 6.92 Å². The van der Waals surface area contributed by atoms with Gasteiger partial charge in [0.05, 0.1) is 5.56 Å². The molecule has 0 saturated heterocycles. The number of hydrogen-bond acceptors (Lipinski definition) is 3. The Hall–Kier alpha value is -2.88. The molecule has 22 heavy (non-hydrogen) atoms. The predicted molar refractivity (Wildman–Crippen MR) is 87.0 cm³/mol. The van der Waals surface area contributed by atoms with Crippen LogP contribution in [-0.4, -0.2) is 5.91 Å². The van der Waals surface area contributed by atoms with Crippen molar-refractivity contribution in [2.75, 3.05) is 5.32 Å². The Morgan fingerprint density at radius 2 is 1.82 bits per heavy atom. The summed E-state index contributed by atoms with van der Waals surface area (Å²) in [5.41, 5.74) is 3.13. The fourth-order valence-corrected chi connectivity index (χ4v) is 2.50. The minimum Gasteiger partial charge on any atom is -0.422 e. The number of hydrogen-bond donors (Lipinski definition) is 1. The number of anilines is 1. The van der Waals surface area contributed by atoms with Crippen molar-refractivity contribution in [3.63, 3.8) is 0 Å². The van der Waals surface area contributed by atoms with E-state index in [0.29, 0.717) is 16.8 Å². The predicted octanol–water partition coefficient (Wildman–Crippen LogP) is 3.73. The number of carbonyl (C=O) groups excluding carboxylic acids is 1. The molecular weight excluding hydrogens is 278 g/mol. The van der Waals surface area contributed by atoms with Crippen LogP contribution in [-0.2, 0) is 4.79 Å². The van der Waals surface area contributed by atoms with Crippen LogP contribution < -0.4 is 10.9 Å². The Morgan fingerprint density at radius 3 is 2.55 bits per heavy atom. The van der Waals surface area contributed by atoms with Crippen molar-refractivity contribution in [1.29, 1.82) is 0 Å². The summed E-state index contributed by atoms with van der Waals surface area (Å²) in [7, 11) is 0. The molecule has 0 atom stereocenters. The average molecular weight is 293 g/mol. The van der Waals surface area contributed by atoms with Gasteiger partial charge in [-0.05, 0) is 42.3 Å². The molecule has 0 unspecified atom stereocenters. The van der Waals surface area contributed by atoms with Crippen LogP contribution >= 0.6 is 0 Å². The molecule has 1 N–H and O–H groups in total. The fraction of sp³-hybridized carbons (Fsp3) is 0.111. The van der Waals surface area contributed by atoms with E-state index >= 15 is 0 Å². The summed E-state index contributed by atoms with van der Waals surface area (Å²) in [5.74, 6) is -0.127. The first-order chi connectivity index (χ1) is 10.5. The van der Waals surface area contributed by atoms with E-state index in [0.717, 1.165) is 16.5 Å². The molecule has 110 valence electrons. The molecule has 0 saturated carbocycles. The van der Waals surface area contributed by atoms with Crippen LogP contribution in [0.25, 0.3) is 22.1 Å².